The lowest BCUT2D eigenvalue weighted by Gasteiger charge is -2.04. The van der Waals surface area contributed by atoms with Crippen molar-refractivity contribution in [2.24, 2.45) is 0 Å². The van der Waals surface area contributed by atoms with Gasteiger partial charge in [-0.05, 0) is 20.3 Å². The topological polar surface area (TPSA) is 72.8 Å². The molecule has 0 bridgehead atoms. The third-order valence-electron chi connectivity index (χ3n) is 1.43. The molecule has 1 unspecified atom stereocenters. The Kier molecular flexibility index (Phi) is 11.8. The molecule has 1 atom stereocenters. The molecule has 0 aromatic carbocycles. The predicted octanol–water partition coefficient (Wildman–Crippen LogP) is 1.79. The fourth-order valence-electron chi connectivity index (χ4n) is 0.616. The molecule has 0 saturated heterocycles. The fourth-order valence-corrected chi connectivity index (χ4v) is 0.616. The number of carbonyl (C=O) groups is 2. The Labute approximate surface area is 102 Å². The second kappa shape index (κ2) is 11.1. The minimum Gasteiger partial charge on any atom is -0.466 e. The Bertz CT molecular complexity index is 245. The van der Waals surface area contributed by atoms with Gasteiger partial charge in [-0.25, -0.2) is 4.79 Å². The minimum atomic E-state index is -1.05. The van der Waals surface area contributed by atoms with Crippen molar-refractivity contribution < 1.29 is 24.2 Å². The van der Waals surface area contributed by atoms with E-state index in [4.69, 9.17) is 5.11 Å². The average Bonchev–Trinajstić information content (AvgIpc) is 2.17. The van der Waals surface area contributed by atoms with Crippen LogP contribution in [0.1, 0.15) is 40.5 Å². The molecule has 5 heteroatoms. The van der Waals surface area contributed by atoms with E-state index in [1.54, 1.807) is 0 Å². The first kappa shape index (κ1) is 18.0. The summed E-state index contributed by atoms with van der Waals surface area (Å²) in [5.74, 6) is -0.747. The molecule has 0 fully saturated rings. The molecule has 0 radical (unpaired) electrons. The maximum absolute atomic E-state index is 10.5. The summed E-state index contributed by atoms with van der Waals surface area (Å²) in [5, 5.41) is 8.49. The van der Waals surface area contributed by atoms with Crippen LogP contribution in [0.2, 0.25) is 0 Å². The van der Waals surface area contributed by atoms with Crippen molar-refractivity contribution in [1.82, 2.24) is 0 Å². The Morgan fingerprint density at radius 3 is 2.12 bits per heavy atom. The number of hydrogen-bond acceptors (Lipinski definition) is 5. The quantitative estimate of drug-likeness (QED) is 0.346. The molecule has 1 N–H and O–H groups in total. The van der Waals surface area contributed by atoms with E-state index in [-0.39, 0.29) is 11.5 Å². The van der Waals surface area contributed by atoms with E-state index in [1.807, 2.05) is 0 Å². The molecule has 0 spiro atoms. The van der Waals surface area contributed by atoms with Gasteiger partial charge in [-0.3, -0.25) is 4.79 Å². The molecule has 17 heavy (non-hydrogen) atoms. The van der Waals surface area contributed by atoms with Gasteiger partial charge >= 0.3 is 11.9 Å². The molecule has 0 aliphatic heterocycles. The Morgan fingerprint density at radius 1 is 1.35 bits per heavy atom. The first-order valence-corrected chi connectivity index (χ1v) is 5.49. The van der Waals surface area contributed by atoms with Crippen molar-refractivity contribution in [3.8, 4) is 0 Å². The highest BCUT2D eigenvalue weighted by Gasteiger charge is 2.04. The molecule has 0 aliphatic rings. The van der Waals surface area contributed by atoms with Crippen molar-refractivity contribution in [3.05, 3.63) is 12.2 Å². The molecule has 0 aliphatic carbocycles. The van der Waals surface area contributed by atoms with Crippen LogP contribution >= 0.6 is 0 Å². The Balaban J connectivity index is 0. The van der Waals surface area contributed by atoms with Gasteiger partial charge in [0.25, 0.3) is 0 Å². The van der Waals surface area contributed by atoms with E-state index >= 15 is 0 Å². The predicted molar refractivity (Wildman–Crippen MR) is 64.1 cm³/mol. The van der Waals surface area contributed by atoms with Crippen LogP contribution in [0.15, 0.2) is 12.2 Å². The van der Waals surface area contributed by atoms with Gasteiger partial charge in [0, 0.05) is 12.5 Å². The zero-order valence-electron chi connectivity index (χ0n) is 11.0. The van der Waals surface area contributed by atoms with Crippen LogP contribution in [0.25, 0.3) is 0 Å². The molecular formula is C12H22O5. The van der Waals surface area contributed by atoms with Crippen LogP contribution in [0.5, 0.6) is 0 Å². The first-order valence-electron chi connectivity index (χ1n) is 5.49. The molecule has 0 heterocycles. The highest BCUT2D eigenvalue weighted by Crippen LogP contribution is 1.94. The average molecular weight is 246 g/mol. The van der Waals surface area contributed by atoms with E-state index in [0.717, 1.165) is 12.8 Å². The monoisotopic (exact) mass is 246 g/mol. The van der Waals surface area contributed by atoms with Crippen LogP contribution in [0, 0.1) is 0 Å². The van der Waals surface area contributed by atoms with Crippen LogP contribution in [-0.2, 0) is 19.1 Å². The maximum atomic E-state index is 10.5. The van der Waals surface area contributed by atoms with E-state index in [2.05, 4.69) is 23.0 Å². The largest absolute Gasteiger partial charge is 0.466 e. The number of hydrogen-bond donors (Lipinski definition) is 1. The zero-order valence-corrected chi connectivity index (χ0v) is 11.0. The standard InChI is InChI=1S/C6H10O3.C6H12O2/c1-4(2)6(8)9-5(3)7;1-3-4-5-8-6(2)7/h5,7H,1H2,2-3H3;3-5H2,1-2H3. The lowest BCUT2D eigenvalue weighted by Crippen LogP contribution is -2.13. The molecule has 0 saturated carbocycles. The number of unbranched alkanes of at least 4 members (excludes halogenated alkanes) is 1. The van der Waals surface area contributed by atoms with Gasteiger partial charge < -0.3 is 14.6 Å². The van der Waals surface area contributed by atoms with Crippen molar-refractivity contribution >= 4 is 11.9 Å². The van der Waals surface area contributed by atoms with Gasteiger partial charge in [-0.1, -0.05) is 19.9 Å². The molecule has 5 nitrogen and oxygen atoms in total. The second-order valence-electron chi connectivity index (χ2n) is 3.48. The summed E-state index contributed by atoms with van der Waals surface area (Å²) in [4.78, 5) is 20.6. The summed E-state index contributed by atoms with van der Waals surface area (Å²) >= 11 is 0. The van der Waals surface area contributed by atoms with Gasteiger partial charge in [-0.2, -0.15) is 0 Å². The van der Waals surface area contributed by atoms with Gasteiger partial charge in [-0.15, -0.1) is 0 Å². The van der Waals surface area contributed by atoms with E-state index in [0.29, 0.717) is 6.61 Å². The van der Waals surface area contributed by atoms with Gasteiger partial charge in [0.2, 0.25) is 0 Å². The zero-order chi connectivity index (χ0) is 13.8. The van der Waals surface area contributed by atoms with Crippen molar-refractivity contribution in [2.45, 2.75) is 46.8 Å². The lowest BCUT2D eigenvalue weighted by molar-refractivity contribution is -0.159. The summed E-state index contributed by atoms with van der Waals surface area (Å²) in [5.41, 5.74) is 0.288. The number of ether oxygens (including phenoxy) is 2. The number of rotatable bonds is 5. The number of aliphatic hydroxyl groups excluding tert-OH is 1. The molecule has 0 rings (SSSR count). The SMILES string of the molecule is C=C(C)C(=O)OC(C)O.CCCCOC(C)=O. The van der Waals surface area contributed by atoms with Gasteiger partial charge in [0.15, 0.2) is 6.29 Å². The summed E-state index contributed by atoms with van der Waals surface area (Å²) in [7, 11) is 0. The second-order valence-corrected chi connectivity index (χ2v) is 3.48. The van der Waals surface area contributed by atoms with E-state index < -0.39 is 12.3 Å². The van der Waals surface area contributed by atoms with Crippen LogP contribution in [0.4, 0.5) is 0 Å². The van der Waals surface area contributed by atoms with Crippen molar-refractivity contribution in [2.75, 3.05) is 6.61 Å². The summed E-state index contributed by atoms with van der Waals surface area (Å²) in [6, 6.07) is 0. The normalized spacial score (nSPS) is 10.6. The number of carbonyl (C=O) groups excluding carboxylic acids is 2. The van der Waals surface area contributed by atoms with Crippen LogP contribution < -0.4 is 0 Å². The third kappa shape index (κ3) is 17.3. The van der Waals surface area contributed by atoms with Crippen molar-refractivity contribution in [1.29, 1.82) is 0 Å². The van der Waals surface area contributed by atoms with Crippen molar-refractivity contribution in [3.63, 3.8) is 0 Å². The number of esters is 2. The smallest absolute Gasteiger partial charge is 0.335 e. The molecular weight excluding hydrogens is 224 g/mol. The van der Waals surface area contributed by atoms with Gasteiger partial charge in [0.1, 0.15) is 0 Å². The molecule has 100 valence electrons. The summed E-state index contributed by atoms with van der Waals surface area (Å²) in [6.45, 7) is 10.3. The molecule has 0 amide bonds. The molecule has 0 aromatic heterocycles. The van der Waals surface area contributed by atoms with Crippen LogP contribution in [0.3, 0.4) is 0 Å². The number of aliphatic hydroxyl groups is 1. The van der Waals surface area contributed by atoms with E-state index in [1.165, 1.54) is 20.8 Å². The first-order chi connectivity index (χ1) is 7.81. The highest BCUT2D eigenvalue weighted by atomic mass is 16.6. The minimum absolute atomic E-state index is 0.182. The Hall–Kier alpha value is -1.36. The third-order valence-corrected chi connectivity index (χ3v) is 1.43. The lowest BCUT2D eigenvalue weighted by atomic mass is 10.4. The molecule has 0 aromatic rings. The highest BCUT2D eigenvalue weighted by molar-refractivity contribution is 5.86. The van der Waals surface area contributed by atoms with Crippen LogP contribution in [-0.4, -0.2) is 29.9 Å². The van der Waals surface area contributed by atoms with Gasteiger partial charge in [0.05, 0.1) is 6.61 Å². The maximum Gasteiger partial charge on any atom is 0.335 e. The fraction of sp³-hybridized carbons (Fsp3) is 0.667. The summed E-state index contributed by atoms with van der Waals surface area (Å²) < 4.78 is 8.97. The van der Waals surface area contributed by atoms with E-state index in [9.17, 15) is 9.59 Å². The Morgan fingerprint density at radius 2 is 1.88 bits per heavy atom. The summed E-state index contributed by atoms with van der Waals surface area (Å²) in [6.07, 6.45) is 1.00.